The molecule has 0 aliphatic carbocycles. The minimum atomic E-state index is -0.825. The first-order valence-electron chi connectivity index (χ1n) is 4.16. The van der Waals surface area contributed by atoms with Crippen molar-refractivity contribution in [1.82, 2.24) is 0 Å². The molecular weight excluding hydrogens is 168 g/mol. The summed E-state index contributed by atoms with van der Waals surface area (Å²) >= 11 is 0. The van der Waals surface area contributed by atoms with Gasteiger partial charge in [-0.3, -0.25) is 4.79 Å². The number of rotatable bonds is 4. The summed E-state index contributed by atoms with van der Waals surface area (Å²) in [5.41, 5.74) is 0.762. The summed E-state index contributed by atoms with van der Waals surface area (Å²) in [7, 11) is 0. The van der Waals surface area contributed by atoms with Gasteiger partial charge >= 0.3 is 5.97 Å². The minimum absolute atomic E-state index is 0.0426. The first kappa shape index (κ1) is 9.58. The number of ether oxygens (including phenoxy) is 1. The highest BCUT2D eigenvalue weighted by atomic mass is 16.5. The molecule has 1 aromatic carbocycles. The van der Waals surface area contributed by atoms with E-state index in [9.17, 15) is 4.79 Å². The summed E-state index contributed by atoms with van der Waals surface area (Å²) in [5.74, 6) is -0.102. The second kappa shape index (κ2) is 4.50. The summed E-state index contributed by atoms with van der Waals surface area (Å²) in [6, 6.07) is 7.13. The summed E-state index contributed by atoms with van der Waals surface area (Å²) in [6.45, 7) is 2.49. The fraction of sp³-hybridized carbons (Fsp3) is 0.300. The lowest BCUT2D eigenvalue weighted by molar-refractivity contribution is -0.136. The van der Waals surface area contributed by atoms with Crippen LogP contribution in [0.3, 0.4) is 0 Å². The van der Waals surface area contributed by atoms with Crippen LogP contribution in [0.15, 0.2) is 24.3 Å². The van der Waals surface area contributed by atoms with Gasteiger partial charge in [-0.25, -0.2) is 0 Å². The van der Waals surface area contributed by atoms with Crippen molar-refractivity contribution in [3.63, 3.8) is 0 Å². The second-order valence-electron chi connectivity index (χ2n) is 2.65. The Morgan fingerprint density at radius 1 is 1.54 bits per heavy atom. The normalized spacial score (nSPS) is 9.62. The van der Waals surface area contributed by atoms with E-state index >= 15 is 0 Å². The fourth-order valence-electron chi connectivity index (χ4n) is 1.09. The quantitative estimate of drug-likeness (QED) is 0.767. The van der Waals surface area contributed by atoms with Gasteiger partial charge in [-0.15, -0.1) is 0 Å². The number of carboxylic acids is 1. The zero-order valence-electron chi connectivity index (χ0n) is 7.49. The van der Waals surface area contributed by atoms with E-state index in [0.29, 0.717) is 6.61 Å². The molecule has 0 unspecified atom stereocenters. The predicted octanol–water partition coefficient (Wildman–Crippen LogP) is 1.71. The Morgan fingerprint density at radius 3 is 2.92 bits per heavy atom. The van der Waals surface area contributed by atoms with Gasteiger partial charge in [0, 0.05) is 0 Å². The third kappa shape index (κ3) is 3.15. The van der Waals surface area contributed by atoms with Gasteiger partial charge in [-0.05, 0) is 24.6 Å². The molecule has 0 spiro atoms. The molecule has 0 aromatic heterocycles. The largest absolute Gasteiger partial charge is 0.494 e. The number of carbonyl (C=O) groups is 1. The van der Waals surface area contributed by atoms with Gasteiger partial charge in [0.15, 0.2) is 0 Å². The van der Waals surface area contributed by atoms with Crippen molar-refractivity contribution in [2.45, 2.75) is 13.3 Å². The van der Waals surface area contributed by atoms with Crippen LogP contribution in [0.1, 0.15) is 12.5 Å². The molecule has 0 amide bonds. The van der Waals surface area contributed by atoms with E-state index in [4.69, 9.17) is 9.84 Å². The molecule has 0 aliphatic rings. The Bertz CT molecular complexity index is 294. The van der Waals surface area contributed by atoms with Gasteiger partial charge in [0.2, 0.25) is 0 Å². The van der Waals surface area contributed by atoms with Crippen molar-refractivity contribution in [1.29, 1.82) is 0 Å². The van der Waals surface area contributed by atoms with Gasteiger partial charge in [0.05, 0.1) is 13.0 Å². The van der Waals surface area contributed by atoms with E-state index in [1.54, 1.807) is 18.2 Å². The molecule has 0 saturated heterocycles. The van der Waals surface area contributed by atoms with E-state index in [2.05, 4.69) is 0 Å². The lowest BCUT2D eigenvalue weighted by atomic mass is 10.1. The minimum Gasteiger partial charge on any atom is -0.494 e. The standard InChI is InChI=1S/C10H12O3/c1-2-13-9-5-3-4-8(6-9)7-10(11)12/h3-6H,2,7H2,1H3,(H,11,12). The SMILES string of the molecule is CCOc1cccc(CC(=O)O)c1. The van der Waals surface area contributed by atoms with E-state index in [1.807, 2.05) is 13.0 Å². The molecule has 0 atom stereocenters. The lowest BCUT2D eigenvalue weighted by Crippen LogP contribution is -2.00. The van der Waals surface area contributed by atoms with Crippen molar-refractivity contribution in [3.05, 3.63) is 29.8 Å². The molecule has 1 rings (SSSR count). The molecule has 0 fully saturated rings. The van der Waals surface area contributed by atoms with E-state index in [1.165, 1.54) is 0 Å². The number of benzene rings is 1. The van der Waals surface area contributed by atoms with Crippen LogP contribution in [0.25, 0.3) is 0 Å². The van der Waals surface area contributed by atoms with Crippen LogP contribution >= 0.6 is 0 Å². The zero-order valence-corrected chi connectivity index (χ0v) is 7.49. The second-order valence-corrected chi connectivity index (χ2v) is 2.65. The maximum absolute atomic E-state index is 10.4. The maximum Gasteiger partial charge on any atom is 0.307 e. The molecule has 0 aliphatic heterocycles. The Hall–Kier alpha value is -1.51. The average Bonchev–Trinajstić information content (AvgIpc) is 2.04. The molecule has 1 aromatic rings. The highest BCUT2D eigenvalue weighted by Crippen LogP contribution is 2.13. The molecule has 0 radical (unpaired) electrons. The first-order valence-corrected chi connectivity index (χ1v) is 4.16. The van der Waals surface area contributed by atoms with Crippen molar-refractivity contribution < 1.29 is 14.6 Å². The van der Waals surface area contributed by atoms with E-state index in [0.717, 1.165) is 11.3 Å². The van der Waals surface area contributed by atoms with Crippen molar-refractivity contribution >= 4 is 5.97 Å². The van der Waals surface area contributed by atoms with Crippen molar-refractivity contribution in [2.75, 3.05) is 6.61 Å². The van der Waals surface area contributed by atoms with Gasteiger partial charge in [-0.1, -0.05) is 12.1 Å². The van der Waals surface area contributed by atoms with Gasteiger partial charge in [-0.2, -0.15) is 0 Å². The molecule has 3 nitrogen and oxygen atoms in total. The molecule has 3 heteroatoms. The third-order valence-corrected chi connectivity index (χ3v) is 1.56. The highest BCUT2D eigenvalue weighted by molar-refractivity contribution is 5.70. The summed E-state index contributed by atoms with van der Waals surface area (Å²) in [5, 5.41) is 8.55. The molecular formula is C10H12O3. The average molecular weight is 180 g/mol. The summed E-state index contributed by atoms with van der Waals surface area (Å²) in [6.07, 6.45) is 0.0426. The fourth-order valence-corrected chi connectivity index (χ4v) is 1.09. The molecule has 0 heterocycles. The third-order valence-electron chi connectivity index (χ3n) is 1.56. The molecule has 1 N–H and O–H groups in total. The molecule has 13 heavy (non-hydrogen) atoms. The number of aliphatic carboxylic acids is 1. The van der Waals surface area contributed by atoms with Crippen LogP contribution in [0, 0.1) is 0 Å². The van der Waals surface area contributed by atoms with Crippen molar-refractivity contribution in [2.24, 2.45) is 0 Å². The van der Waals surface area contributed by atoms with Crippen LogP contribution in [0.5, 0.6) is 5.75 Å². The number of hydrogen-bond donors (Lipinski definition) is 1. The maximum atomic E-state index is 10.4. The van der Waals surface area contributed by atoms with E-state index < -0.39 is 5.97 Å². The predicted molar refractivity (Wildman–Crippen MR) is 49.0 cm³/mol. The Labute approximate surface area is 77.0 Å². The first-order chi connectivity index (χ1) is 6.22. The molecule has 0 saturated carbocycles. The van der Waals surface area contributed by atoms with Crippen molar-refractivity contribution in [3.8, 4) is 5.75 Å². The molecule has 0 bridgehead atoms. The number of carboxylic acid groups (broad SMARTS) is 1. The van der Waals surface area contributed by atoms with Gasteiger partial charge in [0.1, 0.15) is 5.75 Å². The van der Waals surface area contributed by atoms with Gasteiger partial charge in [0.25, 0.3) is 0 Å². The number of hydrogen-bond acceptors (Lipinski definition) is 2. The zero-order chi connectivity index (χ0) is 9.68. The van der Waals surface area contributed by atoms with Crippen LogP contribution in [-0.2, 0) is 11.2 Å². The monoisotopic (exact) mass is 180 g/mol. The molecule has 70 valence electrons. The van der Waals surface area contributed by atoms with Crippen LogP contribution in [-0.4, -0.2) is 17.7 Å². The van der Waals surface area contributed by atoms with Gasteiger partial charge < -0.3 is 9.84 Å². The van der Waals surface area contributed by atoms with Crippen LogP contribution < -0.4 is 4.74 Å². The summed E-state index contributed by atoms with van der Waals surface area (Å²) in [4.78, 5) is 10.4. The topological polar surface area (TPSA) is 46.5 Å². The summed E-state index contributed by atoms with van der Waals surface area (Å²) < 4.78 is 5.24. The lowest BCUT2D eigenvalue weighted by Gasteiger charge is -2.03. The smallest absolute Gasteiger partial charge is 0.307 e. The Morgan fingerprint density at radius 2 is 2.31 bits per heavy atom. The Kier molecular flexibility index (Phi) is 3.31. The van der Waals surface area contributed by atoms with Crippen LogP contribution in [0.4, 0.5) is 0 Å². The highest BCUT2D eigenvalue weighted by Gasteiger charge is 2.00. The Balaban J connectivity index is 2.73. The van der Waals surface area contributed by atoms with Crippen LogP contribution in [0.2, 0.25) is 0 Å². The van der Waals surface area contributed by atoms with E-state index in [-0.39, 0.29) is 6.42 Å².